The smallest absolute Gasteiger partial charge is 0.245 e. The van der Waals surface area contributed by atoms with Gasteiger partial charge in [-0.1, -0.05) is 30.7 Å². The van der Waals surface area contributed by atoms with Gasteiger partial charge < -0.3 is 0 Å². The lowest BCUT2D eigenvalue weighted by atomic mass is 10.1. The Labute approximate surface area is 141 Å². The Balaban J connectivity index is 2.42. The van der Waals surface area contributed by atoms with Crippen LogP contribution in [0, 0.1) is 11.3 Å². The van der Waals surface area contributed by atoms with Gasteiger partial charge in [-0.3, -0.25) is 4.98 Å². The molecule has 0 N–H and O–H groups in total. The minimum atomic E-state index is -3.75. The second kappa shape index (κ2) is 7.09. The molecule has 120 valence electrons. The lowest BCUT2D eigenvalue weighted by Crippen LogP contribution is -2.33. The van der Waals surface area contributed by atoms with Gasteiger partial charge in [0.2, 0.25) is 10.0 Å². The second-order valence-corrected chi connectivity index (χ2v) is 7.28. The first-order valence-corrected chi connectivity index (χ1v) is 8.84. The summed E-state index contributed by atoms with van der Waals surface area (Å²) in [6.07, 6.45) is 2.59. The van der Waals surface area contributed by atoms with Gasteiger partial charge in [-0.2, -0.15) is 9.57 Å². The number of nitriles is 1. The molecule has 1 atom stereocenters. The Morgan fingerprint density at radius 2 is 1.96 bits per heavy atom. The topological polar surface area (TPSA) is 74.1 Å². The summed E-state index contributed by atoms with van der Waals surface area (Å²) in [5.74, 6) is 0. The Morgan fingerprint density at radius 1 is 1.30 bits per heavy atom. The second-order valence-electron chi connectivity index (χ2n) is 4.96. The molecule has 23 heavy (non-hydrogen) atoms. The molecule has 7 heteroatoms. The van der Waals surface area contributed by atoms with E-state index < -0.39 is 10.0 Å². The summed E-state index contributed by atoms with van der Waals surface area (Å²) < 4.78 is 27.1. The van der Waals surface area contributed by atoms with Crippen molar-refractivity contribution in [2.24, 2.45) is 0 Å². The molecule has 0 saturated carbocycles. The molecule has 0 aliphatic carbocycles. The average Bonchev–Trinajstić information content (AvgIpc) is 2.55. The van der Waals surface area contributed by atoms with E-state index in [2.05, 4.69) is 4.98 Å². The SMILES string of the molecule is CCN(C(C)c1ccc(Cl)cc1)S(=O)(=O)c1cncc(C#N)c1. The maximum atomic E-state index is 12.9. The third-order valence-corrected chi connectivity index (χ3v) is 5.81. The first-order valence-electron chi connectivity index (χ1n) is 7.02. The molecular formula is C16H16ClN3O2S. The van der Waals surface area contributed by atoms with Crippen LogP contribution in [0.4, 0.5) is 0 Å². The third-order valence-electron chi connectivity index (χ3n) is 3.54. The van der Waals surface area contributed by atoms with Crippen molar-refractivity contribution >= 4 is 21.6 Å². The van der Waals surface area contributed by atoms with E-state index in [4.69, 9.17) is 16.9 Å². The molecule has 1 heterocycles. The van der Waals surface area contributed by atoms with Crippen LogP contribution >= 0.6 is 11.6 Å². The molecule has 0 aliphatic rings. The number of sulfonamides is 1. The van der Waals surface area contributed by atoms with Crippen molar-refractivity contribution in [1.29, 1.82) is 5.26 Å². The van der Waals surface area contributed by atoms with E-state index in [1.807, 2.05) is 13.0 Å². The van der Waals surface area contributed by atoms with Gasteiger partial charge in [0.15, 0.2) is 0 Å². The number of aromatic nitrogens is 1. The summed E-state index contributed by atoms with van der Waals surface area (Å²) in [5, 5.41) is 9.52. The lowest BCUT2D eigenvalue weighted by molar-refractivity contribution is 0.357. The first kappa shape index (κ1) is 17.4. The molecule has 0 bridgehead atoms. The molecule has 2 aromatic rings. The van der Waals surface area contributed by atoms with Crippen molar-refractivity contribution in [1.82, 2.24) is 9.29 Å². The summed E-state index contributed by atoms with van der Waals surface area (Å²) in [4.78, 5) is 3.85. The molecule has 0 radical (unpaired) electrons. The molecule has 1 aromatic carbocycles. The van der Waals surface area contributed by atoms with Crippen LogP contribution in [0.25, 0.3) is 0 Å². The van der Waals surface area contributed by atoms with E-state index in [-0.39, 0.29) is 16.5 Å². The Hall–Kier alpha value is -1.94. The van der Waals surface area contributed by atoms with Crippen molar-refractivity contribution in [2.45, 2.75) is 24.8 Å². The van der Waals surface area contributed by atoms with Crippen molar-refractivity contribution in [3.63, 3.8) is 0 Å². The highest BCUT2D eigenvalue weighted by Crippen LogP contribution is 2.27. The molecule has 2 rings (SSSR count). The van der Waals surface area contributed by atoms with Crippen LogP contribution in [0.15, 0.2) is 47.6 Å². The van der Waals surface area contributed by atoms with Crippen molar-refractivity contribution in [2.75, 3.05) is 6.54 Å². The fourth-order valence-corrected chi connectivity index (χ4v) is 4.06. The predicted octanol–water partition coefficient (Wildman–Crippen LogP) is 3.38. The van der Waals surface area contributed by atoms with Gasteiger partial charge in [-0.05, 0) is 30.7 Å². The van der Waals surface area contributed by atoms with E-state index in [1.54, 1.807) is 31.2 Å². The van der Waals surface area contributed by atoms with Crippen LogP contribution in [0.1, 0.15) is 31.0 Å². The van der Waals surface area contributed by atoms with Crippen LogP contribution in [0.5, 0.6) is 0 Å². The zero-order valence-corrected chi connectivity index (χ0v) is 14.3. The van der Waals surface area contributed by atoms with Gasteiger partial charge in [-0.15, -0.1) is 0 Å². The minimum absolute atomic E-state index is 0.0132. The minimum Gasteiger partial charge on any atom is -0.262 e. The predicted molar refractivity (Wildman–Crippen MR) is 88.4 cm³/mol. The summed E-state index contributed by atoms with van der Waals surface area (Å²) >= 11 is 5.88. The molecule has 0 amide bonds. The normalized spacial score (nSPS) is 12.8. The molecule has 0 fully saturated rings. The molecule has 0 saturated heterocycles. The largest absolute Gasteiger partial charge is 0.262 e. The van der Waals surface area contributed by atoms with Crippen LogP contribution in [-0.2, 0) is 10.0 Å². The summed E-state index contributed by atoms with van der Waals surface area (Å²) in [5.41, 5.74) is 1.05. The molecule has 1 unspecified atom stereocenters. The highest BCUT2D eigenvalue weighted by molar-refractivity contribution is 7.89. The maximum Gasteiger partial charge on any atom is 0.245 e. The fraction of sp³-hybridized carbons (Fsp3) is 0.250. The number of benzene rings is 1. The van der Waals surface area contributed by atoms with E-state index in [0.29, 0.717) is 11.6 Å². The Bertz CT molecular complexity index is 829. The van der Waals surface area contributed by atoms with E-state index >= 15 is 0 Å². The number of rotatable bonds is 5. The summed E-state index contributed by atoms with van der Waals surface area (Å²) in [6, 6.07) is 9.93. The zero-order chi connectivity index (χ0) is 17.0. The Kier molecular flexibility index (Phi) is 5.37. The quantitative estimate of drug-likeness (QED) is 0.829. The molecule has 5 nitrogen and oxygen atoms in total. The average molecular weight is 350 g/mol. The molecule has 0 spiro atoms. The number of hydrogen-bond acceptors (Lipinski definition) is 4. The van der Waals surface area contributed by atoms with Crippen LogP contribution < -0.4 is 0 Å². The standard InChI is InChI=1S/C16H16ClN3O2S/c1-3-20(12(2)14-4-6-15(17)7-5-14)23(21,22)16-8-13(9-18)10-19-11-16/h4-8,10-12H,3H2,1-2H3. The van der Waals surface area contributed by atoms with Gasteiger partial charge in [0.25, 0.3) is 0 Å². The van der Waals surface area contributed by atoms with Crippen LogP contribution in [0.2, 0.25) is 5.02 Å². The van der Waals surface area contributed by atoms with Crippen LogP contribution in [-0.4, -0.2) is 24.3 Å². The fourth-order valence-electron chi connectivity index (χ4n) is 2.32. The van der Waals surface area contributed by atoms with Gasteiger partial charge in [0, 0.05) is 30.0 Å². The zero-order valence-electron chi connectivity index (χ0n) is 12.8. The van der Waals surface area contributed by atoms with E-state index in [1.165, 1.54) is 22.8 Å². The molecule has 0 aliphatic heterocycles. The number of halogens is 1. The van der Waals surface area contributed by atoms with Crippen molar-refractivity contribution < 1.29 is 8.42 Å². The summed E-state index contributed by atoms with van der Waals surface area (Å²) in [6.45, 7) is 3.88. The van der Waals surface area contributed by atoms with Gasteiger partial charge in [0.1, 0.15) is 11.0 Å². The summed E-state index contributed by atoms with van der Waals surface area (Å²) in [7, 11) is -3.75. The number of hydrogen-bond donors (Lipinski definition) is 0. The maximum absolute atomic E-state index is 12.9. The number of nitrogens with zero attached hydrogens (tertiary/aromatic N) is 3. The van der Waals surface area contributed by atoms with E-state index in [0.717, 1.165) is 5.56 Å². The number of pyridine rings is 1. The monoisotopic (exact) mass is 349 g/mol. The van der Waals surface area contributed by atoms with Gasteiger partial charge in [0.05, 0.1) is 5.56 Å². The Morgan fingerprint density at radius 3 is 2.52 bits per heavy atom. The molecular weight excluding hydrogens is 334 g/mol. The van der Waals surface area contributed by atoms with Gasteiger partial charge >= 0.3 is 0 Å². The van der Waals surface area contributed by atoms with E-state index in [9.17, 15) is 8.42 Å². The van der Waals surface area contributed by atoms with Crippen molar-refractivity contribution in [3.05, 3.63) is 58.9 Å². The lowest BCUT2D eigenvalue weighted by Gasteiger charge is -2.27. The first-order chi connectivity index (χ1) is 10.9. The van der Waals surface area contributed by atoms with Crippen LogP contribution in [0.3, 0.4) is 0 Å². The van der Waals surface area contributed by atoms with Gasteiger partial charge in [-0.25, -0.2) is 8.42 Å². The van der Waals surface area contributed by atoms with Crippen molar-refractivity contribution in [3.8, 4) is 6.07 Å². The highest BCUT2D eigenvalue weighted by atomic mass is 35.5. The highest BCUT2D eigenvalue weighted by Gasteiger charge is 2.29. The molecule has 1 aromatic heterocycles. The third kappa shape index (κ3) is 3.70.